The Morgan fingerprint density at radius 3 is 2.37 bits per heavy atom. The Bertz CT molecular complexity index is 395. The van der Waals surface area contributed by atoms with E-state index in [4.69, 9.17) is 15.0 Å². The number of nitrogens with zero attached hydrogens (tertiary/aromatic N) is 2. The van der Waals surface area contributed by atoms with Gasteiger partial charge in [0, 0.05) is 7.11 Å². The van der Waals surface area contributed by atoms with Crippen LogP contribution in [0, 0.1) is 5.92 Å². The predicted octanol–water partition coefficient (Wildman–Crippen LogP) is 2.92. The molecule has 1 fully saturated rings. The van der Waals surface area contributed by atoms with Crippen molar-refractivity contribution in [3.8, 4) is 0 Å². The first-order chi connectivity index (χ1) is 9.07. The van der Waals surface area contributed by atoms with E-state index in [1.165, 1.54) is 12.8 Å². The second-order valence-corrected chi connectivity index (χ2v) is 5.93. The molecule has 1 heterocycles. The first-order valence-electron chi connectivity index (χ1n) is 7.22. The van der Waals surface area contributed by atoms with E-state index in [1.54, 1.807) is 7.11 Å². The molecule has 0 spiro atoms. The summed E-state index contributed by atoms with van der Waals surface area (Å²) in [7, 11) is 1.67. The summed E-state index contributed by atoms with van der Waals surface area (Å²) in [6.45, 7) is 4.15. The van der Waals surface area contributed by atoms with Crippen LogP contribution in [0.25, 0.3) is 0 Å². The van der Waals surface area contributed by atoms with Crippen LogP contribution >= 0.6 is 0 Å². The molecule has 108 valence electrons. The van der Waals surface area contributed by atoms with E-state index < -0.39 is 5.54 Å². The fourth-order valence-corrected chi connectivity index (χ4v) is 2.80. The Kier molecular flexibility index (Phi) is 4.58. The number of methoxy groups -OCH3 is 1. The third-order valence-corrected chi connectivity index (χ3v) is 3.98. The number of nitrogens with two attached hydrogens (primary N) is 1. The van der Waals surface area contributed by atoms with Gasteiger partial charge in [-0.1, -0.05) is 44.7 Å². The average molecular weight is 267 g/mol. The second-order valence-electron chi connectivity index (χ2n) is 5.93. The highest BCUT2D eigenvalue weighted by molar-refractivity contribution is 5.04. The summed E-state index contributed by atoms with van der Waals surface area (Å²) in [6, 6.07) is 0. The Hall–Kier alpha value is -0.940. The van der Waals surface area contributed by atoms with Gasteiger partial charge in [-0.05, 0) is 18.8 Å². The van der Waals surface area contributed by atoms with Gasteiger partial charge in [0.15, 0.2) is 0 Å². The van der Waals surface area contributed by atoms with Crippen LogP contribution in [0.1, 0.15) is 70.2 Å². The van der Waals surface area contributed by atoms with Crippen molar-refractivity contribution in [2.24, 2.45) is 11.7 Å². The first kappa shape index (κ1) is 14.5. The molecular formula is C14H25N3O2. The Balaban J connectivity index is 2.19. The zero-order chi connectivity index (χ0) is 13.9. The Morgan fingerprint density at radius 2 is 1.84 bits per heavy atom. The second kappa shape index (κ2) is 6.01. The molecule has 1 unspecified atom stereocenters. The maximum Gasteiger partial charge on any atom is 0.246 e. The van der Waals surface area contributed by atoms with Gasteiger partial charge in [-0.2, -0.15) is 4.98 Å². The van der Waals surface area contributed by atoms with Crippen molar-refractivity contribution >= 4 is 0 Å². The summed E-state index contributed by atoms with van der Waals surface area (Å²) in [5, 5.41) is 4.07. The van der Waals surface area contributed by atoms with Gasteiger partial charge < -0.3 is 15.0 Å². The van der Waals surface area contributed by atoms with Gasteiger partial charge in [-0.3, -0.25) is 0 Å². The van der Waals surface area contributed by atoms with E-state index in [2.05, 4.69) is 24.0 Å². The monoisotopic (exact) mass is 267 g/mol. The molecule has 19 heavy (non-hydrogen) atoms. The lowest BCUT2D eigenvalue weighted by Crippen LogP contribution is -2.36. The number of aromatic nitrogens is 2. The van der Waals surface area contributed by atoms with Crippen molar-refractivity contribution in [3.63, 3.8) is 0 Å². The minimum Gasteiger partial charge on any atom is -0.373 e. The molecule has 0 aliphatic heterocycles. The molecule has 0 radical (unpaired) electrons. The highest BCUT2D eigenvalue weighted by atomic mass is 16.5. The van der Waals surface area contributed by atoms with Gasteiger partial charge in [0.2, 0.25) is 11.7 Å². The topological polar surface area (TPSA) is 74.2 Å². The van der Waals surface area contributed by atoms with E-state index in [1.807, 2.05) is 0 Å². The molecule has 1 aromatic rings. The summed E-state index contributed by atoms with van der Waals surface area (Å²) in [5.41, 5.74) is 6.03. The maximum absolute atomic E-state index is 6.47. The molecule has 0 bridgehead atoms. The van der Waals surface area contributed by atoms with Crippen molar-refractivity contribution in [1.29, 1.82) is 0 Å². The van der Waals surface area contributed by atoms with Crippen molar-refractivity contribution in [1.82, 2.24) is 10.1 Å². The lowest BCUT2D eigenvalue weighted by molar-refractivity contribution is 0.0555. The van der Waals surface area contributed by atoms with Gasteiger partial charge >= 0.3 is 0 Å². The summed E-state index contributed by atoms with van der Waals surface area (Å²) >= 11 is 0. The molecule has 2 rings (SSSR count). The van der Waals surface area contributed by atoms with Gasteiger partial charge in [0.05, 0.1) is 5.54 Å². The largest absolute Gasteiger partial charge is 0.373 e. The van der Waals surface area contributed by atoms with Crippen LogP contribution in [0.3, 0.4) is 0 Å². The molecule has 5 nitrogen and oxygen atoms in total. The molecule has 0 saturated heterocycles. The van der Waals surface area contributed by atoms with Crippen LogP contribution < -0.4 is 5.73 Å². The van der Waals surface area contributed by atoms with Crippen LogP contribution in [0.5, 0.6) is 0 Å². The summed E-state index contributed by atoms with van der Waals surface area (Å²) in [6.07, 6.45) is 6.46. The van der Waals surface area contributed by atoms with E-state index in [-0.39, 0.29) is 6.10 Å². The van der Waals surface area contributed by atoms with Crippen molar-refractivity contribution < 1.29 is 9.26 Å². The van der Waals surface area contributed by atoms with E-state index in [0.717, 1.165) is 25.7 Å². The molecular weight excluding hydrogens is 242 g/mol. The molecule has 0 amide bonds. The fourth-order valence-electron chi connectivity index (χ4n) is 2.80. The van der Waals surface area contributed by atoms with Crippen LogP contribution in [0.4, 0.5) is 0 Å². The van der Waals surface area contributed by atoms with E-state index >= 15 is 0 Å². The fraction of sp³-hybridized carbons (Fsp3) is 0.857. The number of rotatable bonds is 4. The summed E-state index contributed by atoms with van der Waals surface area (Å²) < 4.78 is 10.9. The Morgan fingerprint density at radius 1 is 1.21 bits per heavy atom. The number of hydrogen-bond acceptors (Lipinski definition) is 5. The highest BCUT2D eigenvalue weighted by Gasteiger charge is 2.35. The lowest BCUT2D eigenvalue weighted by Gasteiger charge is -2.23. The van der Waals surface area contributed by atoms with Crippen molar-refractivity contribution in [2.75, 3.05) is 7.11 Å². The lowest BCUT2D eigenvalue weighted by atomic mass is 9.91. The smallest absolute Gasteiger partial charge is 0.246 e. The van der Waals surface area contributed by atoms with E-state index in [0.29, 0.717) is 17.6 Å². The third-order valence-electron chi connectivity index (χ3n) is 3.98. The molecule has 1 aliphatic rings. The number of hydrogen-bond donors (Lipinski definition) is 1. The van der Waals surface area contributed by atoms with E-state index in [9.17, 15) is 0 Å². The zero-order valence-corrected chi connectivity index (χ0v) is 12.2. The molecule has 1 atom stereocenters. The minimum atomic E-state index is -0.447. The molecule has 1 aliphatic carbocycles. The molecule has 1 aromatic heterocycles. The molecule has 2 N–H and O–H groups in total. The summed E-state index contributed by atoms with van der Waals surface area (Å²) in [4.78, 5) is 4.51. The highest BCUT2D eigenvalue weighted by Crippen LogP contribution is 2.33. The zero-order valence-electron chi connectivity index (χ0n) is 12.2. The van der Waals surface area contributed by atoms with Crippen LogP contribution in [0.2, 0.25) is 0 Å². The van der Waals surface area contributed by atoms with Crippen LogP contribution in [-0.2, 0) is 10.3 Å². The average Bonchev–Trinajstić information content (AvgIpc) is 2.74. The quantitative estimate of drug-likeness (QED) is 0.849. The predicted molar refractivity (Wildman–Crippen MR) is 72.5 cm³/mol. The van der Waals surface area contributed by atoms with Gasteiger partial charge in [-0.25, -0.2) is 0 Å². The normalized spacial score (nSPS) is 21.3. The van der Waals surface area contributed by atoms with Crippen LogP contribution in [-0.4, -0.2) is 17.3 Å². The summed E-state index contributed by atoms with van der Waals surface area (Å²) in [5.74, 6) is 1.49. The minimum absolute atomic E-state index is 0.133. The standard InChI is InChI=1S/C14H25N3O2/c1-10(2)11(18-3)12-16-13(19-17-12)14(15)8-6-4-5-7-9-14/h10-11H,4-9,15H2,1-3H3. The van der Waals surface area contributed by atoms with Gasteiger partial charge in [-0.15, -0.1) is 0 Å². The molecule has 1 saturated carbocycles. The number of ether oxygens (including phenoxy) is 1. The van der Waals surface area contributed by atoms with Crippen LogP contribution in [0.15, 0.2) is 4.52 Å². The maximum atomic E-state index is 6.47. The van der Waals surface area contributed by atoms with Gasteiger partial charge in [0.25, 0.3) is 0 Å². The molecule has 0 aromatic carbocycles. The Labute approximate surface area is 114 Å². The first-order valence-corrected chi connectivity index (χ1v) is 7.22. The molecule has 5 heteroatoms. The SMILES string of the molecule is COC(c1noc(C2(N)CCCCCC2)n1)C(C)C. The van der Waals surface area contributed by atoms with Crippen molar-refractivity contribution in [3.05, 3.63) is 11.7 Å². The third kappa shape index (κ3) is 3.15. The van der Waals surface area contributed by atoms with Gasteiger partial charge in [0.1, 0.15) is 6.10 Å². The van der Waals surface area contributed by atoms with Crippen molar-refractivity contribution in [2.45, 2.75) is 64.0 Å².